The Morgan fingerprint density at radius 1 is 1.26 bits per heavy atom. The summed E-state index contributed by atoms with van der Waals surface area (Å²) in [6, 6.07) is 5.73. The van der Waals surface area contributed by atoms with E-state index in [4.69, 9.17) is 0 Å². The Kier molecular flexibility index (Phi) is 4.87. The molecule has 1 aromatic rings. The number of rotatable bonds is 5. The van der Waals surface area contributed by atoms with Crippen molar-refractivity contribution in [3.63, 3.8) is 0 Å². The molecule has 0 radical (unpaired) electrons. The molecule has 0 atom stereocenters. The van der Waals surface area contributed by atoms with Crippen molar-refractivity contribution >= 4 is 28.6 Å². The van der Waals surface area contributed by atoms with Crippen LogP contribution in [0.2, 0.25) is 0 Å². The van der Waals surface area contributed by atoms with Crippen LogP contribution in [0.15, 0.2) is 34.4 Å². The van der Waals surface area contributed by atoms with Gasteiger partial charge in [0.1, 0.15) is 5.71 Å². The lowest BCUT2D eigenvalue weighted by molar-refractivity contribution is -0.384. The minimum Gasteiger partial charge on any atom is -0.293 e. The average molecular weight is 262 g/mol. The van der Waals surface area contributed by atoms with E-state index < -0.39 is 4.92 Å². The fourth-order valence-electron chi connectivity index (χ4n) is 1.30. The van der Waals surface area contributed by atoms with Crippen LogP contribution in [0.5, 0.6) is 0 Å². The fourth-order valence-corrected chi connectivity index (χ4v) is 1.30. The number of ketones is 1. The van der Waals surface area contributed by atoms with Crippen LogP contribution in [0.1, 0.15) is 13.8 Å². The molecule has 100 valence electrons. The predicted octanol–water partition coefficient (Wildman–Crippen LogP) is 2.04. The molecule has 0 saturated carbocycles. The molecule has 7 nitrogen and oxygen atoms in total. The molecule has 19 heavy (non-hydrogen) atoms. The molecule has 0 fully saturated rings. The van der Waals surface area contributed by atoms with Crippen LogP contribution < -0.4 is 5.43 Å². The zero-order valence-electron chi connectivity index (χ0n) is 10.9. The van der Waals surface area contributed by atoms with Crippen LogP contribution in [0.3, 0.4) is 0 Å². The van der Waals surface area contributed by atoms with Crippen molar-refractivity contribution in [3.05, 3.63) is 34.4 Å². The molecule has 0 aliphatic heterocycles. The largest absolute Gasteiger partial charge is 0.293 e. The highest BCUT2D eigenvalue weighted by atomic mass is 16.6. The molecular formula is C12H14N4O3. The first-order valence-corrected chi connectivity index (χ1v) is 5.48. The van der Waals surface area contributed by atoms with Crippen LogP contribution in [-0.2, 0) is 4.79 Å². The molecule has 0 aliphatic rings. The molecule has 0 unspecified atom stereocenters. The third kappa shape index (κ3) is 3.98. The zero-order valence-corrected chi connectivity index (χ0v) is 10.9. The normalized spacial score (nSPS) is 12.2. The maximum absolute atomic E-state index is 11.4. The van der Waals surface area contributed by atoms with E-state index in [-0.39, 0.29) is 17.2 Å². The summed E-state index contributed by atoms with van der Waals surface area (Å²) in [6.07, 6.45) is 0. The van der Waals surface area contributed by atoms with Gasteiger partial charge in [0, 0.05) is 26.1 Å². The zero-order chi connectivity index (χ0) is 14.4. The third-order valence-electron chi connectivity index (χ3n) is 2.39. The van der Waals surface area contributed by atoms with Gasteiger partial charge in [-0.15, -0.1) is 0 Å². The van der Waals surface area contributed by atoms with Crippen molar-refractivity contribution in [1.29, 1.82) is 0 Å². The summed E-state index contributed by atoms with van der Waals surface area (Å²) in [5, 5.41) is 14.4. The molecule has 1 aromatic carbocycles. The molecular weight excluding hydrogens is 248 g/mol. The number of hydrogen-bond acceptors (Lipinski definition) is 6. The summed E-state index contributed by atoms with van der Waals surface area (Å²) >= 11 is 0. The lowest BCUT2D eigenvalue weighted by Crippen LogP contribution is -2.20. The Morgan fingerprint density at radius 3 is 2.26 bits per heavy atom. The van der Waals surface area contributed by atoms with Crippen LogP contribution in [0.25, 0.3) is 0 Å². The molecule has 0 aromatic heterocycles. The van der Waals surface area contributed by atoms with E-state index in [2.05, 4.69) is 15.5 Å². The number of anilines is 1. The number of hydrogen-bond donors (Lipinski definition) is 1. The quantitative estimate of drug-likeness (QED) is 0.498. The number of nitro benzene ring substituents is 1. The highest BCUT2D eigenvalue weighted by molar-refractivity contribution is 6.66. The molecule has 0 bridgehead atoms. The molecule has 1 N–H and O–H groups in total. The van der Waals surface area contributed by atoms with Crippen LogP contribution >= 0.6 is 0 Å². The van der Waals surface area contributed by atoms with Crippen molar-refractivity contribution < 1.29 is 9.72 Å². The Morgan fingerprint density at radius 2 is 1.84 bits per heavy atom. The van der Waals surface area contributed by atoms with Crippen molar-refractivity contribution in [2.45, 2.75) is 13.8 Å². The number of benzene rings is 1. The minimum atomic E-state index is -0.484. The van der Waals surface area contributed by atoms with Gasteiger partial charge < -0.3 is 0 Å². The Balaban J connectivity index is 2.89. The number of aliphatic imine (C=N–C) groups is 1. The number of nitrogens with zero attached hydrogens (tertiary/aromatic N) is 3. The van der Waals surface area contributed by atoms with Crippen LogP contribution in [0.4, 0.5) is 11.4 Å². The maximum atomic E-state index is 11.4. The van der Waals surface area contributed by atoms with Gasteiger partial charge in [0.15, 0.2) is 5.78 Å². The van der Waals surface area contributed by atoms with Crippen LogP contribution in [0, 0.1) is 10.1 Å². The number of carbonyl (C=O) groups is 1. The highest BCUT2D eigenvalue weighted by Gasteiger charge is 2.09. The first-order valence-electron chi connectivity index (χ1n) is 5.48. The van der Waals surface area contributed by atoms with Gasteiger partial charge in [0.25, 0.3) is 5.69 Å². The lowest BCUT2D eigenvalue weighted by Gasteiger charge is -2.04. The number of carbonyl (C=O) groups excluding carboxylic acids is 1. The summed E-state index contributed by atoms with van der Waals surface area (Å²) in [6.45, 7) is 3.07. The second-order valence-electron chi connectivity index (χ2n) is 3.74. The van der Waals surface area contributed by atoms with Crippen molar-refractivity contribution in [2.75, 3.05) is 12.5 Å². The van der Waals surface area contributed by atoms with Gasteiger partial charge in [-0.2, -0.15) is 5.10 Å². The van der Waals surface area contributed by atoms with Gasteiger partial charge in [-0.05, 0) is 19.1 Å². The van der Waals surface area contributed by atoms with E-state index >= 15 is 0 Å². The number of Topliss-reactive ketones (excluding diaryl/α,β-unsaturated/α-hetero) is 1. The summed E-state index contributed by atoms with van der Waals surface area (Å²) in [7, 11) is 1.57. The monoisotopic (exact) mass is 262 g/mol. The molecule has 0 saturated heterocycles. The first-order chi connectivity index (χ1) is 8.95. The average Bonchev–Trinajstić information content (AvgIpc) is 2.38. The van der Waals surface area contributed by atoms with Crippen molar-refractivity contribution in [1.82, 2.24) is 0 Å². The molecule has 0 heterocycles. The van der Waals surface area contributed by atoms with Gasteiger partial charge in [0.05, 0.1) is 16.3 Å². The van der Waals surface area contributed by atoms with E-state index in [1.807, 2.05) is 0 Å². The van der Waals surface area contributed by atoms with Crippen molar-refractivity contribution in [2.24, 2.45) is 10.1 Å². The topological polar surface area (TPSA) is 97.0 Å². The second kappa shape index (κ2) is 6.39. The summed E-state index contributed by atoms with van der Waals surface area (Å²) in [5.41, 5.74) is 3.95. The van der Waals surface area contributed by atoms with E-state index in [9.17, 15) is 14.9 Å². The van der Waals surface area contributed by atoms with Gasteiger partial charge in [-0.25, -0.2) is 0 Å². The predicted molar refractivity (Wildman–Crippen MR) is 73.9 cm³/mol. The van der Waals surface area contributed by atoms with E-state index in [0.717, 1.165) is 0 Å². The third-order valence-corrected chi connectivity index (χ3v) is 2.39. The number of hydrazone groups is 1. The Labute approximate surface area is 110 Å². The van der Waals surface area contributed by atoms with Gasteiger partial charge in [0.2, 0.25) is 0 Å². The van der Waals surface area contributed by atoms with Crippen molar-refractivity contribution in [3.8, 4) is 0 Å². The second-order valence-corrected chi connectivity index (χ2v) is 3.74. The highest BCUT2D eigenvalue weighted by Crippen LogP contribution is 2.15. The number of nitro groups is 1. The van der Waals surface area contributed by atoms with Gasteiger partial charge >= 0.3 is 0 Å². The molecule has 1 rings (SSSR count). The number of non-ortho nitro benzene ring substituents is 1. The minimum absolute atomic E-state index is 0.00683. The smallest absolute Gasteiger partial charge is 0.269 e. The van der Waals surface area contributed by atoms with E-state index in [1.54, 1.807) is 14.0 Å². The van der Waals surface area contributed by atoms with E-state index in [0.29, 0.717) is 11.4 Å². The van der Waals surface area contributed by atoms with Gasteiger partial charge in [-0.3, -0.25) is 25.3 Å². The molecule has 0 amide bonds. The van der Waals surface area contributed by atoms with Gasteiger partial charge in [-0.1, -0.05) is 0 Å². The van der Waals surface area contributed by atoms with E-state index in [1.165, 1.54) is 31.2 Å². The molecule has 7 heteroatoms. The molecule has 0 aliphatic carbocycles. The lowest BCUT2D eigenvalue weighted by atomic mass is 10.2. The maximum Gasteiger partial charge on any atom is 0.269 e. The number of nitrogens with one attached hydrogen (secondary N) is 1. The Hall–Kier alpha value is -2.57. The molecule has 0 spiro atoms. The first kappa shape index (κ1) is 14.5. The summed E-state index contributed by atoms with van der Waals surface area (Å²) < 4.78 is 0. The summed E-state index contributed by atoms with van der Waals surface area (Å²) in [5.74, 6) is -0.211. The van der Waals surface area contributed by atoms with Crippen LogP contribution in [-0.4, -0.2) is 29.2 Å². The fraction of sp³-hybridized carbons (Fsp3) is 0.250. The SMILES string of the molecule is CN=C(C)/C(=N/Nc1ccc([N+](=O)[O-])cc1)C(C)=O. The standard InChI is InChI=1S/C12H14N4O3/c1-8(13-3)12(9(2)17)15-14-10-4-6-11(7-5-10)16(18)19/h4-7,14H,1-3H3/b13-8?,15-12-. The Bertz CT molecular complexity index is 547. The summed E-state index contributed by atoms with van der Waals surface area (Å²) in [4.78, 5) is 25.3.